The summed E-state index contributed by atoms with van der Waals surface area (Å²) in [6.07, 6.45) is 0.341. The Hall–Kier alpha value is -3.07. The van der Waals surface area contributed by atoms with Gasteiger partial charge < -0.3 is 9.52 Å². The van der Waals surface area contributed by atoms with Gasteiger partial charge in [0.25, 0.3) is 0 Å². The summed E-state index contributed by atoms with van der Waals surface area (Å²) in [7, 11) is 0. The first kappa shape index (κ1) is 13.6. The highest BCUT2D eigenvalue weighted by molar-refractivity contribution is 6.08. The van der Waals surface area contributed by atoms with E-state index in [0.29, 0.717) is 23.0 Å². The molecule has 0 amide bonds. The Bertz CT molecular complexity index is 1060. The summed E-state index contributed by atoms with van der Waals surface area (Å²) < 4.78 is 5.44. The van der Waals surface area contributed by atoms with Gasteiger partial charge in [-0.3, -0.25) is 0 Å². The van der Waals surface area contributed by atoms with Crippen LogP contribution < -0.4 is 5.63 Å². The maximum Gasteiger partial charge on any atom is 0.343 e. The molecule has 1 aromatic heterocycles. The summed E-state index contributed by atoms with van der Waals surface area (Å²) >= 11 is 0. The van der Waals surface area contributed by atoms with E-state index in [2.05, 4.69) is 0 Å². The van der Waals surface area contributed by atoms with Crippen LogP contribution in [0.3, 0.4) is 0 Å². The molecule has 0 aliphatic rings. The smallest absolute Gasteiger partial charge is 0.343 e. The van der Waals surface area contributed by atoms with Gasteiger partial charge in [0.1, 0.15) is 11.3 Å². The number of aromatic hydroxyl groups is 1. The highest BCUT2D eigenvalue weighted by Gasteiger charge is 2.16. The molecule has 23 heavy (non-hydrogen) atoms. The second-order valence-electron chi connectivity index (χ2n) is 5.54. The van der Waals surface area contributed by atoms with Crippen LogP contribution >= 0.6 is 0 Å². The summed E-state index contributed by atoms with van der Waals surface area (Å²) in [4.78, 5) is 12.3. The van der Waals surface area contributed by atoms with Crippen LogP contribution in [0, 0.1) is 0 Å². The highest BCUT2D eigenvalue weighted by Crippen LogP contribution is 2.33. The fraction of sp³-hybridized carbons (Fsp3) is 0.0500. The second-order valence-corrected chi connectivity index (χ2v) is 5.54. The van der Waals surface area contributed by atoms with E-state index in [-0.39, 0.29) is 5.75 Å². The normalized spacial score (nSPS) is 11.1. The lowest BCUT2D eigenvalue weighted by molar-refractivity contribution is 0.459. The molecule has 0 aliphatic carbocycles. The Morgan fingerprint density at radius 2 is 1.61 bits per heavy atom. The molecule has 1 heterocycles. The Morgan fingerprint density at radius 1 is 0.870 bits per heavy atom. The summed E-state index contributed by atoms with van der Waals surface area (Å²) in [5, 5.41) is 13.2. The molecule has 0 bridgehead atoms. The highest BCUT2D eigenvalue weighted by atomic mass is 16.4. The van der Waals surface area contributed by atoms with Crippen LogP contribution in [0.2, 0.25) is 0 Å². The molecule has 1 N–H and O–H groups in total. The minimum absolute atomic E-state index is 0.0110. The Balaban J connectivity index is 2.01. The van der Waals surface area contributed by atoms with Crippen molar-refractivity contribution in [2.45, 2.75) is 6.42 Å². The molecule has 3 aromatic carbocycles. The molecule has 0 unspecified atom stereocenters. The van der Waals surface area contributed by atoms with Crippen LogP contribution in [-0.4, -0.2) is 5.11 Å². The van der Waals surface area contributed by atoms with Gasteiger partial charge in [-0.25, -0.2) is 4.79 Å². The Kier molecular flexibility index (Phi) is 3.12. The van der Waals surface area contributed by atoms with E-state index < -0.39 is 5.63 Å². The van der Waals surface area contributed by atoms with Crippen LogP contribution in [0.5, 0.6) is 5.75 Å². The van der Waals surface area contributed by atoms with Gasteiger partial charge in [-0.15, -0.1) is 0 Å². The summed E-state index contributed by atoms with van der Waals surface area (Å²) in [6, 6.07) is 20.9. The molecule has 0 spiro atoms. The fourth-order valence-electron chi connectivity index (χ4n) is 2.95. The largest absolute Gasteiger partial charge is 0.507 e. The minimum Gasteiger partial charge on any atom is -0.507 e. The first-order valence-electron chi connectivity index (χ1n) is 7.44. The summed E-state index contributed by atoms with van der Waals surface area (Å²) in [5.74, 6) is 0.0110. The maximum atomic E-state index is 12.3. The molecule has 0 saturated carbocycles. The van der Waals surface area contributed by atoms with Gasteiger partial charge in [0.15, 0.2) is 0 Å². The topological polar surface area (TPSA) is 50.4 Å². The van der Waals surface area contributed by atoms with E-state index in [1.807, 2.05) is 60.7 Å². The lowest BCUT2D eigenvalue weighted by Gasteiger charge is -2.09. The van der Waals surface area contributed by atoms with Gasteiger partial charge in [-0.1, -0.05) is 60.7 Å². The standard InChI is InChI=1S/C20H14O3/c21-19-16(12-13-6-2-1-3-7-13)20(22)23-17-11-10-14-8-4-5-9-15(14)18(17)19/h1-11,21H,12H2. The summed E-state index contributed by atoms with van der Waals surface area (Å²) in [5.41, 5.74) is 1.16. The third kappa shape index (κ3) is 2.27. The first-order valence-corrected chi connectivity index (χ1v) is 7.44. The molecule has 0 saturated heterocycles. The molecule has 4 rings (SSSR count). The van der Waals surface area contributed by atoms with E-state index in [9.17, 15) is 9.90 Å². The molecule has 0 atom stereocenters. The van der Waals surface area contributed by atoms with Gasteiger partial charge in [-0.05, 0) is 22.4 Å². The SMILES string of the molecule is O=c1oc2ccc3ccccc3c2c(O)c1Cc1ccccc1. The van der Waals surface area contributed by atoms with Gasteiger partial charge in [0.2, 0.25) is 0 Å². The van der Waals surface area contributed by atoms with Crippen molar-refractivity contribution in [3.8, 4) is 5.75 Å². The third-order valence-electron chi connectivity index (χ3n) is 4.09. The number of rotatable bonds is 2. The molecular formula is C20H14O3. The van der Waals surface area contributed by atoms with Gasteiger partial charge in [-0.2, -0.15) is 0 Å². The van der Waals surface area contributed by atoms with Gasteiger partial charge in [0.05, 0.1) is 10.9 Å². The van der Waals surface area contributed by atoms with Crippen molar-refractivity contribution in [1.29, 1.82) is 0 Å². The lowest BCUT2D eigenvalue weighted by Crippen LogP contribution is -2.08. The van der Waals surface area contributed by atoms with Gasteiger partial charge >= 0.3 is 5.63 Å². The van der Waals surface area contributed by atoms with Crippen molar-refractivity contribution in [3.05, 3.63) is 88.3 Å². The van der Waals surface area contributed by atoms with E-state index in [1.165, 1.54) is 0 Å². The maximum absolute atomic E-state index is 12.3. The molecule has 3 nitrogen and oxygen atoms in total. The minimum atomic E-state index is -0.492. The molecule has 0 radical (unpaired) electrons. The fourth-order valence-corrected chi connectivity index (χ4v) is 2.95. The van der Waals surface area contributed by atoms with Gasteiger partial charge in [0, 0.05) is 6.42 Å². The zero-order chi connectivity index (χ0) is 15.8. The number of hydrogen-bond acceptors (Lipinski definition) is 3. The zero-order valence-corrected chi connectivity index (χ0v) is 12.3. The molecule has 4 aromatic rings. The zero-order valence-electron chi connectivity index (χ0n) is 12.3. The predicted molar refractivity (Wildman–Crippen MR) is 90.9 cm³/mol. The van der Waals surface area contributed by atoms with Crippen LogP contribution in [0.4, 0.5) is 0 Å². The van der Waals surface area contributed by atoms with E-state index in [4.69, 9.17) is 4.42 Å². The molecule has 0 fully saturated rings. The van der Waals surface area contributed by atoms with Crippen molar-refractivity contribution < 1.29 is 9.52 Å². The van der Waals surface area contributed by atoms with E-state index in [1.54, 1.807) is 6.07 Å². The summed E-state index contributed by atoms with van der Waals surface area (Å²) in [6.45, 7) is 0. The third-order valence-corrected chi connectivity index (χ3v) is 4.09. The molecular weight excluding hydrogens is 288 g/mol. The predicted octanol–water partition coefficient (Wildman–Crippen LogP) is 4.24. The van der Waals surface area contributed by atoms with Crippen molar-refractivity contribution in [1.82, 2.24) is 0 Å². The molecule has 0 aliphatic heterocycles. The van der Waals surface area contributed by atoms with Crippen molar-refractivity contribution in [2.75, 3.05) is 0 Å². The van der Waals surface area contributed by atoms with Crippen molar-refractivity contribution >= 4 is 21.7 Å². The number of hydrogen-bond donors (Lipinski definition) is 1. The van der Waals surface area contributed by atoms with Crippen LogP contribution in [0.15, 0.2) is 75.9 Å². The van der Waals surface area contributed by atoms with Crippen molar-refractivity contribution in [3.63, 3.8) is 0 Å². The van der Waals surface area contributed by atoms with Crippen LogP contribution in [0.25, 0.3) is 21.7 Å². The molecule has 3 heteroatoms. The Morgan fingerprint density at radius 3 is 2.43 bits per heavy atom. The average molecular weight is 302 g/mol. The van der Waals surface area contributed by atoms with Crippen LogP contribution in [-0.2, 0) is 6.42 Å². The van der Waals surface area contributed by atoms with Crippen molar-refractivity contribution in [2.24, 2.45) is 0 Å². The Labute approximate surface area is 132 Å². The van der Waals surface area contributed by atoms with E-state index >= 15 is 0 Å². The number of fused-ring (bicyclic) bond motifs is 3. The van der Waals surface area contributed by atoms with Crippen LogP contribution in [0.1, 0.15) is 11.1 Å². The second kappa shape index (κ2) is 5.29. The number of benzene rings is 3. The average Bonchev–Trinajstić information content (AvgIpc) is 2.59. The quantitative estimate of drug-likeness (QED) is 0.445. The first-order chi connectivity index (χ1) is 11.2. The molecule has 112 valence electrons. The lowest BCUT2D eigenvalue weighted by atomic mass is 10.0. The van der Waals surface area contributed by atoms with E-state index in [0.717, 1.165) is 16.3 Å². The monoisotopic (exact) mass is 302 g/mol.